The lowest BCUT2D eigenvalue weighted by Gasteiger charge is -2.16. The molecule has 28 heavy (non-hydrogen) atoms. The molecule has 1 aliphatic heterocycles. The molecule has 0 bridgehead atoms. The van der Waals surface area contributed by atoms with Crippen LogP contribution in [0.15, 0.2) is 53.7 Å². The Labute approximate surface area is 167 Å². The predicted molar refractivity (Wildman–Crippen MR) is 109 cm³/mol. The van der Waals surface area contributed by atoms with Crippen molar-refractivity contribution in [3.8, 4) is 0 Å². The third-order valence-electron chi connectivity index (χ3n) is 4.75. The molecule has 0 radical (unpaired) electrons. The quantitative estimate of drug-likeness (QED) is 0.661. The van der Waals surface area contributed by atoms with Gasteiger partial charge in [-0.25, -0.2) is 8.42 Å². The fourth-order valence-corrected chi connectivity index (χ4v) is 5.62. The number of carbonyl (C=O) groups excluding carboxylic acids is 1. The Morgan fingerprint density at radius 3 is 2.75 bits per heavy atom. The van der Waals surface area contributed by atoms with Crippen molar-refractivity contribution < 1.29 is 13.2 Å². The van der Waals surface area contributed by atoms with Crippen LogP contribution in [0.2, 0.25) is 0 Å². The van der Waals surface area contributed by atoms with Gasteiger partial charge in [0.25, 0.3) is 5.91 Å². The van der Waals surface area contributed by atoms with Gasteiger partial charge in [-0.3, -0.25) is 9.78 Å². The summed E-state index contributed by atoms with van der Waals surface area (Å²) >= 11 is 1.39. The molecular formula is C19H20N4O3S2. The van der Waals surface area contributed by atoms with E-state index in [-0.39, 0.29) is 16.8 Å². The molecule has 9 heteroatoms. The number of rotatable bonds is 5. The molecule has 1 amide bonds. The Morgan fingerprint density at radius 2 is 2.07 bits per heavy atom. The lowest BCUT2D eigenvalue weighted by Crippen LogP contribution is -2.32. The van der Waals surface area contributed by atoms with Gasteiger partial charge in [-0.1, -0.05) is 12.1 Å². The molecule has 3 N–H and O–H groups in total. The molecule has 1 fully saturated rings. The minimum atomic E-state index is -3.52. The van der Waals surface area contributed by atoms with Crippen LogP contribution in [0.5, 0.6) is 0 Å². The number of hydrogen-bond donors (Lipinski definition) is 2. The summed E-state index contributed by atoms with van der Waals surface area (Å²) < 4.78 is 27.6. The third-order valence-corrected chi connectivity index (χ3v) is 7.71. The van der Waals surface area contributed by atoms with E-state index in [2.05, 4.69) is 10.3 Å². The smallest absolute Gasteiger partial charge is 0.261 e. The first kappa shape index (κ1) is 19.0. The van der Waals surface area contributed by atoms with E-state index in [4.69, 9.17) is 5.73 Å². The van der Waals surface area contributed by atoms with E-state index >= 15 is 0 Å². The van der Waals surface area contributed by atoms with Crippen molar-refractivity contribution in [2.75, 3.05) is 13.1 Å². The Bertz CT molecular complexity index is 1080. The van der Waals surface area contributed by atoms with E-state index in [1.807, 2.05) is 12.1 Å². The van der Waals surface area contributed by atoms with Crippen LogP contribution in [-0.4, -0.2) is 42.7 Å². The van der Waals surface area contributed by atoms with Crippen LogP contribution in [0.1, 0.15) is 21.7 Å². The zero-order valence-electron chi connectivity index (χ0n) is 15.0. The van der Waals surface area contributed by atoms with E-state index in [1.54, 1.807) is 36.7 Å². The molecule has 2 aromatic heterocycles. The van der Waals surface area contributed by atoms with Gasteiger partial charge >= 0.3 is 0 Å². The number of amides is 1. The minimum absolute atomic E-state index is 0.103. The van der Waals surface area contributed by atoms with Crippen LogP contribution in [0.4, 0.5) is 0 Å². The van der Waals surface area contributed by atoms with Crippen molar-refractivity contribution in [2.45, 2.75) is 23.9 Å². The summed E-state index contributed by atoms with van der Waals surface area (Å²) in [5, 5.41) is 3.86. The average Bonchev–Trinajstić information content (AvgIpc) is 3.33. The number of carbonyl (C=O) groups is 1. The Morgan fingerprint density at radius 1 is 1.29 bits per heavy atom. The zero-order valence-corrected chi connectivity index (χ0v) is 16.7. The largest absolute Gasteiger partial charge is 0.347 e. The molecule has 0 spiro atoms. The highest BCUT2D eigenvalue weighted by atomic mass is 32.2. The van der Waals surface area contributed by atoms with Crippen molar-refractivity contribution in [3.63, 3.8) is 0 Å². The van der Waals surface area contributed by atoms with Gasteiger partial charge in [0.1, 0.15) is 0 Å². The van der Waals surface area contributed by atoms with Crippen LogP contribution in [0.3, 0.4) is 0 Å². The van der Waals surface area contributed by atoms with Crippen molar-refractivity contribution in [3.05, 3.63) is 59.2 Å². The van der Waals surface area contributed by atoms with E-state index in [0.29, 0.717) is 30.9 Å². The molecule has 1 aliphatic rings. The first-order chi connectivity index (χ1) is 13.4. The van der Waals surface area contributed by atoms with Gasteiger partial charge in [0, 0.05) is 38.1 Å². The van der Waals surface area contributed by atoms with Crippen LogP contribution in [-0.2, 0) is 16.6 Å². The SMILES string of the molecule is NC1CCN(S(=O)(=O)c2ccc(CNC(=O)c3cc4ccncc4s3)cc2)C1. The summed E-state index contributed by atoms with van der Waals surface area (Å²) in [7, 11) is -3.52. The summed E-state index contributed by atoms with van der Waals surface area (Å²) in [6.45, 7) is 1.12. The number of aromatic nitrogens is 1. The number of fused-ring (bicyclic) bond motifs is 1. The summed E-state index contributed by atoms with van der Waals surface area (Å²) in [5.74, 6) is -0.163. The fourth-order valence-electron chi connectivity index (χ4n) is 3.17. The van der Waals surface area contributed by atoms with Gasteiger partial charge in [0.05, 0.1) is 14.5 Å². The number of nitrogens with two attached hydrogens (primary N) is 1. The predicted octanol–water partition coefficient (Wildman–Crippen LogP) is 1.95. The van der Waals surface area contributed by atoms with E-state index in [0.717, 1.165) is 15.6 Å². The molecule has 1 saturated heterocycles. The molecule has 146 valence electrons. The van der Waals surface area contributed by atoms with Crippen molar-refractivity contribution in [1.29, 1.82) is 0 Å². The minimum Gasteiger partial charge on any atom is -0.347 e. The van der Waals surface area contributed by atoms with Crippen LogP contribution >= 0.6 is 11.3 Å². The normalized spacial score (nSPS) is 17.8. The maximum atomic E-state index is 12.6. The van der Waals surface area contributed by atoms with E-state index in [9.17, 15) is 13.2 Å². The lowest BCUT2D eigenvalue weighted by molar-refractivity contribution is 0.0955. The van der Waals surface area contributed by atoms with Crippen molar-refractivity contribution in [2.24, 2.45) is 5.73 Å². The third kappa shape index (κ3) is 3.79. The maximum absolute atomic E-state index is 12.6. The second kappa shape index (κ2) is 7.59. The number of thiophene rings is 1. The molecule has 3 aromatic rings. The van der Waals surface area contributed by atoms with Gasteiger partial charge < -0.3 is 11.1 Å². The molecule has 0 aliphatic carbocycles. The fraction of sp³-hybridized carbons (Fsp3) is 0.263. The number of nitrogens with one attached hydrogen (secondary N) is 1. The lowest BCUT2D eigenvalue weighted by atomic mass is 10.2. The van der Waals surface area contributed by atoms with Gasteiger partial charge in [0.15, 0.2) is 0 Å². The van der Waals surface area contributed by atoms with Gasteiger partial charge in [0.2, 0.25) is 10.0 Å². The second-order valence-corrected chi connectivity index (χ2v) is 9.78. The standard InChI is InChI=1S/C19H20N4O3S2/c20-15-6-8-23(12-15)28(25,26)16-3-1-13(2-4-16)10-22-19(24)17-9-14-5-7-21-11-18(14)27-17/h1-5,7,9,11,15H,6,8,10,12,20H2,(H,22,24). The number of pyridine rings is 1. The van der Waals surface area contributed by atoms with Crippen LogP contribution in [0, 0.1) is 0 Å². The Balaban J connectivity index is 1.41. The summed E-state index contributed by atoms with van der Waals surface area (Å²) in [5.41, 5.74) is 6.64. The molecule has 1 unspecified atom stereocenters. The molecule has 3 heterocycles. The Hall–Kier alpha value is -2.33. The summed E-state index contributed by atoms with van der Waals surface area (Å²) in [4.78, 5) is 17.3. The summed E-state index contributed by atoms with van der Waals surface area (Å²) in [6, 6.07) is 10.2. The highest BCUT2D eigenvalue weighted by Crippen LogP contribution is 2.24. The molecule has 4 rings (SSSR count). The number of sulfonamides is 1. The Kier molecular flexibility index (Phi) is 5.15. The van der Waals surface area contributed by atoms with E-state index in [1.165, 1.54) is 15.6 Å². The summed E-state index contributed by atoms with van der Waals surface area (Å²) in [6.07, 6.45) is 4.11. The second-order valence-electron chi connectivity index (χ2n) is 6.76. The monoisotopic (exact) mass is 416 g/mol. The van der Waals surface area contributed by atoms with Gasteiger partial charge in [-0.2, -0.15) is 4.31 Å². The molecule has 1 atom stereocenters. The number of nitrogens with zero attached hydrogens (tertiary/aromatic N) is 2. The maximum Gasteiger partial charge on any atom is 0.261 e. The highest BCUT2D eigenvalue weighted by Gasteiger charge is 2.30. The topological polar surface area (TPSA) is 105 Å². The average molecular weight is 417 g/mol. The highest BCUT2D eigenvalue weighted by molar-refractivity contribution is 7.89. The van der Waals surface area contributed by atoms with Crippen LogP contribution in [0.25, 0.3) is 10.1 Å². The molecule has 0 saturated carbocycles. The van der Waals surface area contributed by atoms with E-state index < -0.39 is 10.0 Å². The van der Waals surface area contributed by atoms with Crippen LogP contribution < -0.4 is 11.1 Å². The van der Waals surface area contributed by atoms with Gasteiger partial charge in [-0.05, 0) is 41.6 Å². The zero-order chi connectivity index (χ0) is 19.7. The molecular weight excluding hydrogens is 396 g/mol. The first-order valence-electron chi connectivity index (χ1n) is 8.90. The molecule has 7 nitrogen and oxygen atoms in total. The van der Waals surface area contributed by atoms with Crippen molar-refractivity contribution in [1.82, 2.24) is 14.6 Å². The number of benzene rings is 1. The molecule has 1 aromatic carbocycles. The van der Waals surface area contributed by atoms with Gasteiger partial charge in [-0.15, -0.1) is 11.3 Å². The number of hydrogen-bond acceptors (Lipinski definition) is 6. The van der Waals surface area contributed by atoms with Crippen molar-refractivity contribution >= 4 is 37.4 Å². The first-order valence-corrected chi connectivity index (χ1v) is 11.2.